The number of H-pyrrole nitrogens is 1. The van der Waals surface area contributed by atoms with Crippen LogP contribution in [0.1, 0.15) is 40.4 Å². The zero-order chi connectivity index (χ0) is 19.5. The largest absolute Gasteiger partial charge is 0.457 e. The number of carbonyl (C=O) groups is 2. The minimum atomic E-state index is -0.368. The summed E-state index contributed by atoms with van der Waals surface area (Å²) >= 11 is 1.46. The second-order valence-electron chi connectivity index (χ2n) is 7.05. The fourth-order valence-electron chi connectivity index (χ4n) is 3.79. The number of benzene rings is 2. The quantitative estimate of drug-likeness (QED) is 0.358. The average Bonchev–Trinajstić information content (AvgIpc) is 3.36. The van der Waals surface area contributed by atoms with Gasteiger partial charge in [-0.15, -0.1) is 11.8 Å². The highest BCUT2D eigenvalue weighted by Gasteiger charge is 2.16. The number of esters is 1. The van der Waals surface area contributed by atoms with Crippen molar-refractivity contribution in [3.63, 3.8) is 0 Å². The number of ether oxygens (including phenoxy) is 1. The van der Waals surface area contributed by atoms with Crippen LogP contribution >= 0.6 is 11.8 Å². The van der Waals surface area contributed by atoms with Crippen LogP contribution in [0.5, 0.6) is 0 Å². The lowest BCUT2D eigenvalue weighted by Crippen LogP contribution is -2.15. The van der Waals surface area contributed by atoms with Crippen LogP contribution in [0.2, 0.25) is 0 Å². The molecule has 2 aromatic carbocycles. The monoisotopic (exact) mass is 393 g/mol. The molecular weight excluding hydrogens is 370 g/mol. The van der Waals surface area contributed by atoms with E-state index < -0.39 is 0 Å². The van der Waals surface area contributed by atoms with E-state index in [1.54, 1.807) is 6.20 Å². The van der Waals surface area contributed by atoms with Gasteiger partial charge in [0.05, 0.1) is 5.75 Å². The third-order valence-corrected chi connectivity index (χ3v) is 6.24. The summed E-state index contributed by atoms with van der Waals surface area (Å²) in [4.78, 5) is 28.9. The van der Waals surface area contributed by atoms with Gasteiger partial charge in [0.25, 0.3) is 0 Å². The van der Waals surface area contributed by atoms with Gasteiger partial charge in [0.1, 0.15) is 0 Å². The van der Waals surface area contributed by atoms with Crippen molar-refractivity contribution in [2.45, 2.75) is 37.5 Å². The Morgan fingerprint density at radius 2 is 2.00 bits per heavy atom. The van der Waals surface area contributed by atoms with Gasteiger partial charge >= 0.3 is 5.97 Å². The van der Waals surface area contributed by atoms with Crippen LogP contribution in [0, 0.1) is 0 Å². The van der Waals surface area contributed by atoms with Crippen LogP contribution in [-0.4, -0.2) is 29.1 Å². The summed E-state index contributed by atoms with van der Waals surface area (Å²) in [5.74, 6) is -0.344. The highest BCUT2D eigenvalue weighted by molar-refractivity contribution is 8.00. The molecule has 0 fully saturated rings. The number of carbonyl (C=O) groups excluding carboxylic acids is 2. The van der Waals surface area contributed by atoms with Crippen molar-refractivity contribution in [2.75, 3.05) is 12.4 Å². The van der Waals surface area contributed by atoms with E-state index in [0.29, 0.717) is 5.56 Å². The summed E-state index contributed by atoms with van der Waals surface area (Å²) in [5, 5.41) is 0.882. The second-order valence-corrected chi connectivity index (χ2v) is 8.10. The molecule has 1 aliphatic rings. The molecule has 0 radical (unpaired) electrons. The first-order valence-corrected chi connectivity index (χ1v) is 10.7. The number of ketones is 1. The molecule has 4 rings (SSSR count). The summed E-state index contributed by atoms with van der Waals surface area (Å²) in [7, 11) is 0. The fraction of sp³-hybridized carbons (Fsp3) is 0.304. The SMILES string of the molecule is CCc1cccc2c(C(=O)COC(=O)CSc3ccc4c(c3)CCC4)c[nH]c12. The van der Waals surface area contributed by atoms with Gasteiger partial charge in [-0.1, -0.05) is 31.2 Å². The summed E-state index contributed by atoms with van der Waals surface area (Å²) in [6.45, 7) is 1.85. The second kappa shape index (κ2) is 8.23. The number of nitrogens with one attached hydrogen (secondary N) is 1. The molecule has 1 aliphatic carbocycles. The minimum absolute atomic E-state index is 0.185. The number of hydrogen-bond donors (Lipinski definition) is 1. The minimum Gasteiger partial charge on any atom is -0.457 e. The predicted molar refractivity (Wildman–Crippen MR) is 112 cm³/mol. The maximum atomic E-state index is 12.5. The van der Waals surface area contributed by atoms with Gasteiger partial charge in [0.15, 0.2) is 6.61 Å². The Kier molecular flexibility index (Phi) is 5.53. The smallest absolute Gasteiger partial charge is 0.316 e. The maximum Gasteiger partial charge on any atom is 0.316 e. The van der Waals surface area contributed by atoms with Gasteiger partial charge in [-0.05, 0) is 54.5 Å². The molecule has 0 aliphatic heterocycles. The number of aromatic amines is 1. The zero-order valence-electron chi connectivity index (χ0n) is 15.9. The fourth-order valence-corrected chi connectivity index (χ4v) is 4.55. The number of aromatic nitrogens is 1. The molecule has 3 aromatic rings. The molecule has 0 saturated heterocycles. The lowest BCUT2D eigenvalue weighted by atomic mass is 10.1. The van der Waals surface area contributed by atoms with E-state index in [9.17, 15) is 9.59 Å². The molecule has 1 heterocycles. The number of para-hydroxylation sites is 1. The third kappa shape index (κ3) is 3.85. The Hall–Kier alpha value is -2.53. The van der Waals surface area contributed by atoms with Crippen LogP contribution in [-0.2, 0) is 28.8 Å². The van der Waals surface area contributed by atoms with E-state index in [4.69, 9.17) is 4.74 Å². The number of hydrogen-bond acceptors (Lipinski definition) is 4. The topological polar surface area (TPSA) is 59.2 Å². The van der Waals surface area contributed by atoms with Crippen molar-refractivity contribution < 1.29 is 14.3 Å². The van der Waals surface area contributed by atoms with Crippen molar-refractivity contribution in [1.82, 2.24) is 4.98 Å². The molecule has 28 heavy (non-hydrogen) atoms. The van der Waals surface area contributed by atoms with E-state index in [2.05, 4.69) is 30.1 Å². The summed E-state index contributed by atoms with van der Waals surface area (Å²) in [5.41, 5.74) is 5.53. The first-order chi connectivity index (χ1) is 13.7. The lowest BCUT2D eigenvalue weighted by Gasteiger charge is -2.06. The van der Waals surface area contributed by atoms with Crippen LogP contribution in [0.25, 0.3) is 10.9 Å². The van der Waals surface area contributed by atoms with Gasteiger partial charge in [-0.2, -0.15) is 0 Å². The van der Waals surface area contributed by atoms with Gasteiger partial charge < -0.3 is 9.72 Å². The highest BCUT2D eigenvalue weighted by atomic mass is 32.2. The summed E-state index contributed by atoms with van der Waals surface area (Å²) < 4.78 is 5.22. The van der Waals surface area contributed by atoms with Crippen LogP contribution in [0.3, 0.4) is 0 Å². The van der Waals surface area contributed by atoms with Gasteiger partial charge in [0, 0.05) is 27.6 Å². The van der Waals surface area contributed by atoms with Crippen molar-refractivity contribution in [1.29, 1.82) is 0 Å². The Bertz CT molecular complexity index is 1040. The molecule has 0 unspecified atom stereocenters. The predicted octanol–water partition coefficient (Wildman–Crippen LogP) is 4.74. The molecule has 144 valence electrons. The van der Waals surface area contributed by atoms with E-state index in [1.165, 1.54) is 34.9 Å². The van der Waals surface area contributed by atoms with E-state index in [-0.39, 0.29) is 24.1 Å². The third-order valence-electron chi connectivity index (χ3n) is 5.27. The zero-order valence-corrected chi connectivity index (χ0v) is 16.7. The van der Waals surface area contributed by atoms with E-state index in [1.807, 2.05) is 18.2 Å². The Balaban J connectivity index is 1.33. The number of fused-ring (bicyclic) bond motifs is 2. The normalized spacial score (nSPS) is 12.9. The molecule has 1 aromatic heterocycles. The lowest BCUT2D eigenvalue weighted by molar-refractivity contribution is -0.139. The first-order valence-electron chi connectivity index (χ1n) is 9.68. The Morgan fingerprint density at radius 1 is 1.14 bits per heavy atom. The molecule has 0 bridgehead atoms. The van der Waals surface area contributed by atoms with Crippen molar-refractivity contribution in [3.05, 3.63) is 64.8 Å². The van der Waals surface area contributed by atoms with E-state index >= 15 is 0 Å². The molecule has 5 heteroatoms. The Labute approximate surface area is 168 Å². The van der Waals surface area contributed by atoms with Crippen LogP contribution in [0.15, 0.2) is 47.5 Å². The molecule has 1 N–H and O–H groups in total. The number of Topliss-reactive ketones (excluding diaryl/α,β-unsaturated/α-hetero) is 1. The standard InChI is InChI=1S/C23H23NO3S/c1-2-15-5-4-8-19-20(12-24-23(15)19)21(25)13-27-22(26)14-28-18-10-9-16-6-3-7-17(16)11-18/h4-5,8-12,24H,2-3,6-7,13-14H2,1H3. The van der Waals surface area contributed by atoms with Crippen LogP contribution in [0.4, 0.5) is 0 Å². The van der Waals surface area contributed by atoms with Gasteiger partial charge in [-0.25, -0.2) is 0 Å². The van der Waals surface area contributed by atoms with Crippen LogP contribution < -0.4 is 0 Å². The molecule has 4 nitrogen and oxygen atoms in total. The summed E-state index contributed by atoms with van der Waals surface area (Å²) in [6.07, 6.45) is 6.08. The molecule has 0 spiro atoms. The van der Waals surface area contributed by atoms with Crippen molar-refractivity contribution in [2.24, 2.45) is 0 Å². The number of thioether (sulfide) groups is 1. The van der Waals surface area contributed by atoms with Crippen molar-refractivity contribution in [3.8, 4) is 0 Å². The van der Waals surface area contributed by atoms with E-state index in [0.717, 1.165) is 35.1 Å². The number of aryl methyl sites for hydroxylation is 3. The average molecular weight is 394 g/mol. The first kappa shape index (κ1) is 18.8. The van der Waals surface area contributed by atoms with Gasteiger partial charge in [0.2, 0.25) is 5.78 Å². The molecule has 0 saturated carbocycles. The molecule has 0 atom stereocenters. The Morgan fingerprint density at radius 3 is 2.86 bits per heavy atom. The molecular formula is C23H23NO3S. The summed E-state index contributed by atoms with van der Waals surface area (Å²) in [6, 6.07) is 12.3. The van der Waals surface area contributed by atoms with Crippen molar-refractivity contribution >= 4 is 34.4 Å². The highest BCUT2D eigenvalue weighted by Crippen LogP contribution is 2.27. The number of rotatable bonds is 7. The maximum absolute atomic E-state index is 12.5. The van der Waals surface area contributed by atoms with Gasteiger partial charge in [-0.3, -0.25) is 9.59 Å². The molecule has 0 amide bonds.